The van der Waals surface area contributed by atoms with Gasteiger partial charge in [-0.25, -0.2) is 0 Å². The van der Waals surface area contributed by atoms with E-state index in [1.54, 1.807) is 14.0 Å². The average molecular weight is 724 g/mol. The van der Waals surface area contributed by atoms with Crippen molar-refractivity contribution in [3.63, 3.8) is 0 Å². The first-order chi connectivity index (χ1) is 24.3. The molecular formula is C37H69N7O7. The zero-order valence-electron chi connectivity index (χ0n) is 32.2. The Morgan fingerprint density at radius 2 is 1.51 bits per heavy atom. The Kier molecular flexibility index (Phi) is 20.6. The number of rotatable bonds is 14. The van der Waals surface area contributed by atoms with E-state index in [4.69, 9.17) is 20.9 Å². The van der Waals surface area contributed by atoms with Crippen molar-refractivity contribution in [2.75, 3.05) is 40.0 Å². The predicted molar refractivity (Wildman–Crippen MR) is 197 cm³/mol. The Balaban J connectivity index is 2.54. The smallest absolute Gasteiger partial charge is 0.245 e. The normalized spacial score (nSPS) is 28.7. The zero-order chi connectivity index (χ0) is 37.9. The molecule has 1 aliphatic heterocycles. The van der Waals surface area contributed by atoms with E-state index in [9.17, 15) is 24.0 Å². The zero-order valence-corrected chi connectivity index (χ0v) is 32.2. The number of nitrogens with one attached hydrogen (secondary N) is 4. The van der Waals surface area contributed by atoms with Crippen LogP contribution < -0.4 is 32.7 Å². The molecule has 7 atom stereocenters. The molecule has 3 unspecified atom stereocenters. The molecule has 0 aromatic rings. The molecule has 2 rings (SSSR count). The summed E-state index contributed by atoms with van der Waals surface area (Å²) in [7, 11) is 1.64. The highest BCUT2D eigenvalue weighted by atomic mass is 16.5. The Morgan fingerprint density at radius 3 is 2.14 bits per heavy atom. The van der Waals surface area contributed by atoms with Gasteiger partial charge in [0.25, 0.3) is 0 Å². The molecule has 1 heterocycles. The number of nitrogens with zero attached hydrogens (tertiary/aromatic N) is 1. The van der Waals surface area contributed by atoms with Crippen LogP contribution in [0.5, 0.6) is 0 Å². The van der Waals surface area contributed by atoms with Crippen LogP contribution in [0.25, 0.3) is 0 Å². The average Bonchev–Trinajstić information content (AvgIpc) is 3.11. The first-order valence-corrected chi connectivity index (χ1v) is 19.4. The third-order valence-electron chi connectivity index (χ3n) is 10.0. The third kappa shape index (κ3) is 15.0. The van der Waals surface area contributed by atoms with Crippen LogP contribution in [0.4, 0.5) is 0 Å². The summed E-state index contributed by atoms with van der Waals surface area (Å²) in [4.78, 5) is 70.9. The van der Waals surface area contributed by atoms with Gasteiger partial charge in [-0.15, -0.1) is 0 Å². The fourth-order valence-corrected chi connectivity index (χ4v) is 6.87. The van der Waals surface area contributed by atoms with E-state index in [1.807, 2.05) is 20.8 Å². The molecule has 1 saturated heterocycles. The van der Waals surface area contributed by atoms with Crippen LogP contribution in [-0.4, -0.2) is 111 Å². The van der Waals surface area contributed by atoms with Gasteiger partial charge in [0.2, 0.25) is 29.5 Å². The number of unbranched alkanes of at least 4 members (excludes halogenated alkanes) is 3. The second kappa shape index (κ2) is 23.7. The van der Waals surface area contributed by atoms with Crippen molar-refractivity contribution in [1.29, 1.82) is 0 Å². The quantitative estimate of drug-likeness (QED) is 0.144. The van der Waals surface area contributed by atoms with E-state index >= 15 is 0 Å². The molecule has 0 bridgehead atoms. The van der Waals surface area contributed by atoms with Crippen molar-refractivity contribution in [2.45, 2.75) is 148 Å². The van der Waals surface area contributed by atoms with E-state index < -0.39 is 65.9 Å². The molecular weight excluding hydrogens is 654 g/mol. The molecule has 8 N–H and O–H groups in total. The fraction of sp³-hybridized carbons (Fsp3) is 0.865. The van der Waals surface area contributed by atoms with E-state index in [1.165, 1.54) is 4.90 Å². The molecule has 14 nitrogen and oxygen atoms in total. The molecule has 294 valence electrons. The molecule has 14 heteroatoms. The summed E-state index contributed by atoms with van der Waals surface area (Å²) in [6.45, 7) is 10.2. The number of carbonyl (C=O) groups is 5. The highest BCUT2D eigenvalue weighted by Gasteiger charge is 2.39. The lowest BCUT2D eigenvalue weighted by Crippen LogP contribution is -2.62. The molecule has 1 saturated carbocycles. The lowest BCUT2D eigenvalue weighted by atomic mass is 9.83. The van der Waals surface area contributed by atoms with Gasteiger partial charge in [0.15, 0.2) is 0 Å². The fourth-order valence-electron chi connectivity index (χ4n) is 6.87. The molecule has 0 radical (unpaired) electrons. The summed E-state index contributed by atoms with van der Waals surface area (Å²) in [5.41, 5.74) is 11.6. The van der Waals surface area contributed by atoms with Crippen LogP contribution in [0.2, 0.25) is 0 Å². The number of carbonyl (C=O) groups excluding carboxylic acids is 5. The molecule has 51 heavy (non-hydrogen) atoms. The summed E-state index contributed by atoms with van der Waals surface area (Å²) in [6.07, 6.45) is 9.48. The highest BCUT2D eigenvalue weighted by Crippen LogP contribution is 2.28. The predicted octanol–water partition coefficient (Wildman–Crippen LogP) is 1.73. The Labute approximate surface area is 306 Å². The number of ether oxygens (including phenoxy) is 2. The molecule has 2 fully saturated rings. The van der Waals surface area contributed by atoms with Crippen molar-refractivity contribution >= 4 is 29.5 Å². The Hall–Kier alpha value is -2.81. The summed E-state index contributed by atoms with van der Waals surface area (Å²) in [5, 5.41) is 11.4. The summed E-state index contributed by atoms with van der Waals surface area (Å²) >= 11 is 0. The van der Waals surface area contributed by atoms with E-state index in [2.05, 4.69) is 28.2 Å². The standard InChI is InChI=1S/C37H69N7O7/c1-7-8-9-13-17-31-26(5)37(49)44(6)30(20-24(2)3)35(47)43-32(27-15-11-10-12-16-27)36(48)41-28(21-39)33(45)42-29(23-50-19-14-18-38)34(46)40-25(4)22-51-31/h24-32H,7-23,38-39H2,1-6H3,(H,40,46)(H,41,48)(H,42,45)(H,43,47)/t25-,26-,28+,29?,30?,31-,32?/m1/s1. The van der Waals surface area contributed by atoms with Crippen molar-refractivity contribution in [3.05, 3.63) is 0 Å². The third-order valence-corrected chi connectivity index (χ3v) is 10.0. The van der Waals surface area contributed by atoms with Gasteiger partial charge in [0.1, 0.15) is 24.2 Å². The maximum atomic E-state index is 14.2. The van der Waals surface area contributed by atoms with Crippen LogP contribution >= 0.6 is 0 Å². The number of nitrogens with two attached hydrogens (primary N) is 2. The summed E-state index contributed by atoms with van der Waals surface area (Å²) in [5.74, 6) is -2.95. The van der Waals surface area contributed by atoms with Crippen LogP contribution in [0, 0.1) is 17.8 Å². The van der Waals surface area contributed by atoms with E-state index in [0.29, 0.717) is 32.4 Å². The number of amides is 5. The lowest BCUT2D eigenvalue weighted by Gasteiger charge is -2.36. The van der Waals surface area contributed by atoms with E-state index in [0.717, 1.165) is 57.8 Å². The monoisotopic (exact) mass is 724 g/mol. The molecule has 5 amide bonds. The minimum atomic E-state index is -1.17. The van der Waals surface area contributed by atoms with Gasteiger partial charge >= 0.3 is 0 Å². The topological polar surface area (TPSA) is 207 Å². The van der Waals surface area contributed by atoms with Gasteiger partial charge in [-0.3, -0.25) is 24.0 Å². The minimum absolute atomic E-state index is 0.0815. The van der Waals surface area contributed by atoms with Crippen LogP contribution in [0.3, 0.4) is 0 Å². The van der Waals surface area contributed by atoms with Gasteiger partial charge in [-0.1, -0.05) is 72.6 Å². The maximum absolute atomic E-state index is 14.2. The van der Waals surface area contributed by atoms with Crippen molar-refractivity contribution in [2.24, 2.45) is 29.2 Å². The highest BCUT2D eigenvalue weighted by molar-refractivity contribution is 5.96. The number of likely N-dealkylation sites (N-methyl/N-ethyl adjacent to an activating group) is 1. The van der Waals surface area contributed by atoms with Gasteiger partial charge < -0.3 is 47.1 Å². The summed E-state index contributed by atoms with van der Waals surface area (Å²) < 4.78 is 12.0. The first kappa shape index (κ1) is 44.4. The van der Waals surface area contributed by atoms with Crippen molar-refractivity contribution in [1.82, 2.24) is 26.2 Å². The lowest BCUT2D eigenvalue weighted by molar-refractivity contribution is -0.147. The second-order valence-corrected chi connectivity index (χ2v) is 15.0. The molecule has 0 spiro atoms. The van der Waals surface area contributed by atoms with Crippen LogP contribution in [-0.2, 0) is 33.4 Å². The van der Waals surface area contributed by atoms with Crippen LogP contribution in [0.15, 0.2) is 0 Å². The number of hydrogen-bond acceptors (Lipinski definition) is 9. The van der Waals surface area contributed by atoms with Gasteiger partial charge in [-0.2, -0.15) is 0 Å². The Morgan fingerprint density at radius 1 is 0.843 bits per heavy atom. The van der Waals surface area contributed by atoms with Gasteiger partial charge in [0.05, 0.1) is 25.2 Å². The maximum Gasteiger partial charge on any atom is 0.245 e. The number of hydrogen-bond donors (Lipinski definition) is 6. The Bertz CT molecular complexity index is 1090. The molecule has 0 aromatic carbocycles. The first-order valence-electron chi connectivity index (χ1n) is 19.4. The second-order valence-electron chi connectivity index (χ2n) is 15.0. The van der Waals surface area contributed by atoms with Gasteiger partial charge in [-0.05, 0) is 57.4 Å². The minimum Gasteiger partial charge on any atom is -0.379 e. The summed E-state index contributed by atoms with van der Waals surface area (Å²) in [6, 6.07) is -4.50. The molecule has 2 aliphatic rings. The molecule has 1 aliphatic carbocycles. The SMILES string of the molecule is CCCCCC[C@H]1OC[C@@H](C)NC(=O)C(COCCCN)NC(=O)[C@H](CN)NC(=O)C(C2CCCCC2)NC(=O)C(CC(C)C)N(C)C(=O)[C@@H]1C. The van der Waals surface area contributed by atoms with Crippen LogP contribution in [0.1, 0.15) is 112 Å². The largest absolute Gasteiger partial charge is 0.379 e. The molecule has 0 aromatic heterocycles. The van der Waals surface area contributed by atoms with Gasteiger partial charge in [0, 0.05) is 26.2 Å². The van der Waals surface area contributed by atoms with Crippen molar-refractivity contribution in [3.8, 4) is 0 Å². The van der Waals surface area contributed by atoms with Crippen molar-refractivity contribution < 1.29 is 33.4 Å². The van der Waals surface area contributed by atoms with E-state index in [-0.39, 0.29) is 37.5 Å².